The van der Waals surface area contributed by atoms with E-state index < -0.39 is 5.97 Å². The minimum atomic E-state index is -0.422. The molecule has 0 aliphatic rings. The molecular weight excluding hydrogens is 444 g/mol. The van der Waals surface area contributed by atoms with Gasteiger partial charge in [0.15, 0.2) is 5.65 Å². The number of aromatic nitrogens is 3. The predicted octanol–water partition coefficient (Wildman–Crippen LogP) is 4.79. The summed E-state index contributed by atoms with van der Waals surface area (Å²) in [5.74, 6) is -0.122. The summed E-state index contributed by atoms with van der Waals surface area (Å²) in [7, 11) is 1.58. The van der Waals surface area contributed by atoms with Crippen LogP contribution in [0.1, 0.15) is 40.5 Å². The molecule has 1 N–H and O–H groups in total. The standard InChI is InChI=1S/C27H28N4O4/c1-5-35-27(33)19-10-9-11-20(16-19)28-23(32)15-14-22-17(2)24-18(3)30-31(21-12-7-6-8-13-21)25(24)29-26(22)34-4/h6-13,16H,5,14-15H2,1-4H3,(H,28,32). The van der Waals surface area contributed by atoms with Crippen LogP contribution < -0.4 is 10.1 Å². The van der Waals surface area contributed by atoms with Crippen molar-refractivity contribution in [1.29, 1.82) is 0 Å². The molecule has 0 radical (unpaired) electrons. The summed E-state index contributed by atoms with van der Waals surface area (Å²) in [6, 6.07) is 16.5. The lowest BCUT2D eigenvalue weighted by Gasteiger charge is -2.13. The van der Waals surface area contributed by atoms with Crippen LogP contribution in [0.3, 0.4) is 0 Å². The Morgan fingerprint density at radius 2 is 1.83 bits per heavy atom. The summed E-state index contributed by atoms with van der Waals surface area (Å²) in [6.45, 7) is 6.00. The number of fused-ring (bicyclic) bond motifs is 1. The number of aryl methyl sites for hydroxylation is 2. The Hall–Kier alpha value is -4.20. The third-order valence-corrected chi connectivity index (χ3v) is 5.78. The van der Waals surface area contributed by atoms with Gasteiger partial charge in [-0.2, -0.15) is 10.1 Å². The second-order valence-corrected chi connectivity index (χ2v) is 8.11. The number of amides is 1. The molecule has 0 fully saturated rings. The van der Waals surface area contributed by atoms with Crippen molar-refractivity contribution in [1.82, 2.24) is 14.8 Å². The fourth-order valence-corrected chi connectivity index (χ4v) is 4.15. The molecule has 8 heteroatoms. The van der Waals surface area contributed by atoms with E-state index in [9.17, 15) is 9.59 Å². The van der Waals surface area contributed by atoms with Crippen molar-refractivity contribution < 1.29 is 19.1 Å². The molecule has 8 nitrogen and oxygen atoms in total. The van der Waals surface area contributed by atoms with E-state index in [-0.39, 0.29) is 12.3 Å². The Morgan fingerprint density at radius 1 is 1.06 bits per heavy atom. The van der Waals surface area contributed by atoms with Crippen molar-refractivity contribution in [3.05, 3.63) is 77.0 Å². The molecule has 2 heterocycles. The number of hydrogen-bond donors (Lipinski definition) is 1. The summed E-state index contributed by atoms with van der Waals surface area (Å²) in [4.78, 5) is 29.4. The molecule has 0 bridgehead atoms. The first-order valence-corrected chi connectivity index (χ1v) is 11.5. The quantitative estimate of drug-likeness (QED) is 0.370. The number of hydrogen-bond acceptors (Lipinski definition) is 6. The van der Waals surface area contributed by atoms with Gasteiger partial charge >= 0.3 is 5.97 Å². The van der Waals surface area contributed by atoms with E-state index >= 15 is 0 Å². The van der Waals surface area contributed by atoms with Gasteiger partial charge in [-0.1, -0.05) is 24.3 Å². The van der Waals surface area contributed by atoms with Gasteiger partial charge in [-0.3, -0.25) is 4.79 Å². The topological polar surface area (TPSA) is 95.3 Å². The summed E-state index contributed by atoms with van der Waals surface area (Å²) in [5.41, 5.74) is 5.28. The number of para-hydroxylation sites is 1. The lowest BCUT2D eigenvalue weighted by atomic mass is 10.0. The summed E-state index contributed by atoms with van der Waals surface area (Å²) in [6.07, 6.45) is 0.664. The SMILES string of the molecule is CCOC(=O)c1cccc(NC(=O)CCc2c(OC)nc3c(c(C)nn3-c3ccccc3)c2C)c1. The maximum atomic E-state index is 12.7. The Labute approximate surface area is 203 Å². The van der Waals surface area contributed by atoms with E-state index in [0.717, 1.165) is 27.9 Å². The number of ether oxygens (including phenoxy) is 2. The molecule has 0 aliphatic carbocycles. The van der Waals surface area contributed by atoms with Gasteiger partial charge in [0.1, 0.15) is 0 Å². The van der Waals surface area contributed by atoms with Crippen LogP contribution in [0.2, 0.25) is 0 Å². The lowest BCUT2D eigenvalue weighted by molar-refractivity contribution is -0.116. The number of nitrogens with one attached hydrogen (secondary N) is 1. The Balaban J connectivity index is 1.56. The summed E-state index contributed by atoms with van der Waals surface area (Å²) in [5, 5.41) is 8.51. The van der Waals surface area contributed by atoms with Crippen LogP contribution in [-0.2, 0) is 16.0 Å². The van der Waals surface area contributed by atoms with Crippen LogP contribution in [0.25, 0.3) is 16.7 Å². The first-order chi connectivity index (χ1) is 16.9. The van der Waals surface area contributed by atoms with Gasteiger partial charge < -0.3 is 14.8 Å². The van der Waals surface area contributed by atoms with Gasteiger partial charge in [0, 0.05) is 23.1 Å². The highest BCUT2D eigenvalue weighted by atomic mass is 16.5. The normalized spacial score (nSPS) is 10.9. The van der Waals surface area contributed by atoms with Gasteiger partial charge in [0.05, 0.1) is 30.7 Å². The largest absolute Gasteiger partial charge is 0.481 e. The molecule has 180 valence electrons. The predicted molar refractivity (Wildman–Crippen MR) is 134 cm³/mol. The van der Waals surface area contributed by atoms with Crippen molar-refractivity contribution in [2.45, 2.75) is 33.6 Å². The number of anilines is 1. The molecule has 0 saturated carbocycles. The Bertz CT molecular complexity index is 1380. The maximum absolute atomic E-state index is 12.7. The van der Waals surface area contributed by atoms with Gasteiger partial charge in [-0.15, -0.1) is 0 Å². The number of pyridine rings is 1. The van der Waals surface area contributed by atoms with Crippen molar-refractivity contribution >= 4 is 28.6 Å². The summed E-state index contributed by atoms with van der Waals surface area (Å²) >= 11 is 0. The molecule has 0 aliphatic heterocycles. The zero-order chi connectivity index (χ0) is 24.9. The maximum Gasteiger partial charge on any atom is 0.338 e. The first-order valence-electron chi connectivity index (χ1n) is 11.5. The molecule has 0 atom stereocenters. The van der Waals surface area contributed by atoms with Crippen LogP contribution in [0, 0.1) is 13.8 Å². The molecule has 2 aromatic carbocycles. The van der Waals surface area contributed by atoms with E-state index in [4.69, 9.17) is 19.6 Å². The second-order valence-electron chi connectivity index (χ2n) is 8.11. The molecular formula is C27H28N4O4. The van der Waals surface area contributed by atoms with Crippen LogP contribution >= 0.6 is 0 Å². The second kappa shape index (κ2) is 10.4. The van der Waals surface area contributed by atoms with Crippen LogP contribution in [-0.4, -0.2) is 40.4 Å². The van der Waals surface area contributed by atoms with Crippen molar-refractivity contribution in [2.75, 3.05) is 19.0 Å². The Morgan fingerprint density at radius 3 is 2.54 bits per heavy atom. The average molecular weight is 473 g/mol. The van der Waals surface area contributed by atoms with E-state index in [1.807, 2.05) is 48.9 Å². The molecule has 4 aromatic rings. The number of carbonyl (C=O) groups is 2. The van der Waals surface area contributed by atoms with E-state index in [1.165, 1.54) is 0 Å². The van der Waals surface area contributed by atoms with Crippen molar-refractivity contribution in [2.24, 2.45) is 0 Å². The number of carbonyl (C=O) groups excluding carboxylic acids is 2. The molecule has 0 unspecified atom stereocenters. The highest BCUT2D eigenvalue weighted by Gasteiger charge is 2.20. The zero-order valence-electron chi connectivity index (χ0n) is 20.3. The van der Waals surface area contributed by atoms with Crippen LogP contribution in [0.5, 0.6) is 5.88 Å². The third-order valence-electron chi connectivity index (χ3n) is 5.78. The van der Waals surface area contributed by atoms with Gasteiger partial charge in [-0.25, -0.2) is 9.48 Å². The molecule has 2 aromatic heterocycles. The zero-order valence-corrected chi connectivity index (χ0v) is 20.3. The number of rotatable bonds is 8. The molecule has 0 saturated heterocycles. The third kappa shape index (κ3) is 5.01. The number of methoxy groups -OCH3 is 1. The fourth-order valence-electron chi connectivity index (χ4n) is 4.15. The van der Waals surface area contributed by atoms with Crippen molar-refractivity contribution in [3.8, 4) is 11.6 Å². The van der Waals surface area contributed by atoms with Crippen molar-refractivity contribution in [3.63, 3.8) is 0 Å². The lowest BCUT2D eigenvalue weighted by Crippen LogP contribution is -2.14. The number of benzene rings is 2. The highest BCUT2D eigenvalue weighted by molar-refractivity contribution is 5.94. The number of esters is 1. The van der Waals surface area contributed by atoms with Crippen LogP contribution in [0.15, 0.2) is 54.6 Å². The first kappa shape index (κ1) is 23.9. The minimum absolute atomic E-state index is 0.177. The smallest absolute Gasteiger partial charge is 0.338 e. The number of nitrogens with zero attached hydrogens (tertiary/aromatic N) is 3. The average Bonchev–Trinajstić information content (AvgIpc) is 3.20. The molecule has 0 spiro atoms. The fraction of sp³-hybridized carbons (Fsp3) is 0.259. The van der Waals surface area contributed by atoms with Gasteiger partial charge in [0.2, 0.25) is 11.8 Å². The molecule has 35 heavy (non-hydrogen) atoms. The van der Waals surface area contributed by atoms with Gasteiger partial charge in [0.25, 0.3) is 0 Å². The van der Waals surface area contributed by atoms with Gasteiger partial charge in [-0.05, 0) is 63.1 Å². The minimum Gasteiger partial charge on any atom is -0.481 e. The van der Waals surface area contributed by atoms with E-state index in [1.54, 1.807) is 38.3 Å². The van der Waals surface area contributed by atoms with Crippen LogP contribution in [0.4, 0.5) is 5.69 Å². The van der Waals surface area contributed by atoms with E-state index in [2.05, 4.69) is 5.32 Å². The Kier molecular flexibility index (Phi) is 7.10. The molecule has 1 amide bonds. The summed E-state index contributed by atoms with van der Waals surface area (Å²) < 4.78 is 12.5. The van der Waals surface area contributed by atoms with E-state index in [0.29, 0.717) is 35.8 Å². The molecule has 4 rings (SSSR count). The highest BCUT2D eigenvalue weighted by Crippen LogP contribution is 2.32. The monoisotopic (exact) mass is 472 g/mol.